The molecule has 0 spiro atoms. The molecule has 0 bridgehead atoms. The first kappa shape index (κ1) is 20.0. The van der Waals surface area contributed by atoms with Crippen LogP contribution in [0.2, 0.25) is 0 Å². The summed E-state index contributed by atoms with van der Waals surface area (Å²) in [5.41, 5.74) is 2.46. The first-order valence-electron chi connectivity index (χ1n) is 8.59. The molecule has 0 saturated heterocycles. The van der Waals surface area contributed by atoms with Crippen LogP contribution in [0.5, 0.6) is 0 Å². The number of anilines is 1. The molecule has 2 rings (SSSR count). The summed E-state index contributed by atoms with van der Waals surface area (Å²) in [7, 11) is -1.91. The molecule has 0 aromatic heterocycles. The lowest BCUT2D eigenvalue weighted by molar-refractivity contribution is -0.131. The van der Waals surface area contributed by atoms with E-state index in [0.717, 1.165) is 17.4 Å². The second kappa shape index (κ2) is 8.36. The van der Waals surface area contributed by atoms with Crippen LogP contribution in [0.15, 0.2) is 54.6 Å². The van der Waals surface area contributed by atoms with Crippen LogP contribution < -0.4 is 4.31 Å². The number of rotatable bonds is 7. The Morgan fingerprint density at radius 1 is 1.08 bits per heavy atom. The van der Waals surface area contributed by atoms with E-state index in [4.69, 9.17) is 0 Å². The van der Waals surface area contributed by atoms with Crippen LogP contribution in [0.1, 0.15) is 24.5 Å². The highest BCUT2D eigenvalue weighted by atomic mass is 32.2. The molecule has 0 aliphatic rings. The Kier molecular flexibility index (Phi) is 6.42. The number of sulfonamides is 1. The zero-order chi connectivity index (χ0) is 19.3. The number of aryl methyl sites for hydroxylation is 1. The molecule has 140 valence electrons. The van der Waals surface area contributed by atoms with Gasteiger partial charge in [-0.3, -0.25) is 9.10 Å². The van der Waals surface area contributed by atoms with E-state index in [2.05, 4.69) is 0 Å². The average molecular weight is 375 g/mol. The van der Waals surface area contributed by atoms with Crippen molar-refractivity contribution in [1.29, 1.82) is 0 Å². The highest BCUT2D eigenvalue weighted by Crippen LogP contribution is 2.24. The number of likely N-dealkylation sites (N-methyl/N-ethyl adjacent to an activating group) is 1. The molecule has 0 radical (unpaired) electrons. The van der Waals surface area contributed by atoms with Gasteiger partial charge in [-0.1, -0.05) is 49.4 Å². The summed E-state index contributed by atoms with van der Waals surface area (Å²) in [5.74, 6) is -0.219. The summed E-state index contributed by atoms with van der Waals surface area (Å²) in [6, 6.07) is 16.1. The topological polar surface area (TPSA) is 57.7 Å². The fraction of sp³-hybridized carbons (Fsp3) is 0.350. The summed E-state index contributed by atoms with van der Waals surface area (Å²) in [4.78, 5) is 14.6. The van der Waals surface area contributed by atoms with Crippen molar-refractivity contribution in [2.75, 3.05) is 17.6 Å². The van der Waals surface area contributed by atoms with Gasteiger partial charge in [0.1, 0.15) is 6.04 Å². The molecular formula is C20H26N2O3S. The molecule has 0 heterocycles. The molecule has 1 atom stereocenters. The van der Waals surface area contributed by atoms with Gasteiger partial charge in [-0.2, -0.15) is 0 Å². The van der Waals surface area contributed by atoms with Gasteiger partial charge in [0, 0.05) is 13.6 Å². The number of nitrogens with zero attached hydrogens (tertiary/aromatic N) is 2. The van der Waals surface area contributed by atoms with Crippen molar-refractivity contribution in [3.63, 3.8) is 0 Å². The maximum atomic E-state index is 13.0. The van der Waals surface area contributed by atoms with Crippen molar-refractivity contribution in [2.45, 2.75) is 32.9 Å². The lowest BCUT2D eigenvalue weighted by Crippen LogP contribution is -2.49. The molecule has 0 saturated carbocycles. The van der Waals surface area contributed by atoms with Gasteiger partial charge in [-0.15, -0.1) is 0 Å². The number of hydrogen-bond acceptors (Lipinski definition) is 3. The van der Waals surface area contributed by atoms with Crippen LogP contribution in [-0.4, -0.2) is 38.6 Å². The van der Waals surface area contributed by atoms with E-state index < -0.39 is 16.1 Å². The van der Waals surface area contributed by atoms with Gasteiger partial charge in [0.25, 0.3) is 0 Å². The Hall–Kier alpha value is -2.34. The fourth-order valence-corrected chi connectivity index (χ4v) is 4.20. The monoisotopic (exact) mass is 374 g/mol. The van der Waals surface area contributed by atoms with E-state index in [1.54, 1.807) is 30.1 Å². The summed E-state index contributed by atoms with van der Waals surface area (Å²) >= 11 is 0. The largest absolute Gasteiger partial charge is 0.340 e. The minimum Gasteiger partial charge on any atom is -0.340 e. The molecule has 26 heavy (non-hydrogen) atoms. The SMILES string of the molecule is CCC(C(=O)N(C)Cc1ccccc1)N(c1cccc(C)c1)S(C)(=O)=O. The second-order valence-corrected chi connectivity index (χ2v) is 8.36. The van der Waals surface area contributed by atoms with Gasteiger partial charge >= 0.3 is 0 Å². The first-order chi connectivity index (χ1) is 12.2. The van der Waals surface area contributed by atoms with Crippen molar-refractivity contribution in [3.8, 4) is 0 Å². The van der Waals surface area contributed by atoms with Crippen molar-refractivity contribution >= 4 is 21.6 Å². The molecule has 1 amide bonds. The van der Waals surface area contributed by atoms with E-state index in [1.165, 1.54) is 4.31 Å². The number of carbonyl (C=O) groups excluding carboxylic acids is 1. The first-order valence-corrected chi connectivity index (χ1v) is 10.4. The highest BCUT2D eigenvalue weighted by Gasteiger charge is 2.33. The average Bonchev–Trinajstić information content (AvgIpc) is 2.58. The quantitative estimate of drug-likeness (QED) is 0.748. The fourth-order valence-electron chi connectivity index (χ4n) is 3.00. The Balaban J connectivity index is 2.33. The van der Waals surface area contributed by atoms with Crippen LogP contribution in [0, 0.1) is 6.92 Å². The third-order valence-corrected chi connectivity index (χ3v) is 5.39. The summed E-state index contributed by atoms with van der Waals surface area (Å²) in [5, 5.41) is 0. The van der Waals surface area contributed by atoms with Gasteiger partial charge in [0.05, 0.1) is 11.9 Å². The maximum Gasteiger partial charge on any atom is 0.246 e. The molecule has 6 heteroatoms. The van der Waals surface area contributed by atoms with Crippen LogP contribution in [0.25, 0.3) is 0 Å². The molecule has 0 aliphatic carbocycles. The van der Waals surface area contributed by atoms with E-state index >= 15 is 0 Å². The van der Waals surface area contributed by atoms with Crippen LogP contribution >= 0.6 is 0 Å². The lowest BCUT2D eigenvalue weighted by atomic mass is 10.1. The minimum absolute atomic E-state index is 0.219. The van der Waals surface area contributed by atoms with Crippen molar-refractivity contribution < 1.29 is 13.2 Å². The molecular weight excluding hydrogens is 348 g/mol. The van der Waals surface area contributed by atoms with Gasteiger partial charge in [-0.05, 0) is 36.6 Å². The van der Waals surface area contributed by atoms with Gasteiger partial charge in [0.15, 0.2) is 0 Å². The normalized spacial score (nSPS) is 12.5. The molecule has 2 aromatic rings. The maximum absolute atomic E-state index is 13.0. The highest BCUT2D eigenvalue weighted by molar-refractivity contribution is 7.92. The summed E-state index contributed by atoms with van der Waals surface area (Å²) in [6.07, 6.45) is 1.53. The Morgan fingerprint density at radius 3 is 2.27 bits per heavy atom. The molecule has 5 nitrogen and oxygen atoms in total. The predicted octanol–water partition coefficient (Wildman–Crippen LogP) is 3.20. The summed E-state index contributed by atoms with van der Waals surface area (Å²) < 4.78 is 26.2. The van der Waals surface area contributed by atoms with E-state index in [-0.39, 0.29) is 5.91 Å². The van der Waals surface area contributed by atoms with Crippen LogP contribution in [0.3, 0.4) is 0 Å². The molecule has 1 unspecified atom stereocenters. The number of amides is 1. The van der Waals surface area contributed by atoms with E-state index in [0.29, 0.717) is 18.7 Å². The Bertz CT molecular complexity index is 850. The molecule has 0 N–H and O–H groups in total. The number of benzene rings is 2. The zero-order valence-electron chi connectivity index (χ0n) is 15.7. The van der Waals surface area contributed by atoms with Crippen molar-refractivity contribution in [3.05, 3.63) is 65.7 Å². The number of carbonyl (C=O) groups is 1. The van der Waals surface area contributed by atoms with Crippen LogP contribution in [0.4, 0.5) is 5.69 Å². The van der Waals surface area contributed by atoms with E-state index in [1.807, 2.05) is 50.2 Å². The molecule has 0 fully saturated rings. The van der Waals surface area contributed by atoms with Gasteiger partial charge in [0.2, 0.25) is 15.9 Å². The van der Waals surface area contributed by atoms with Crippen molar-refractivity contribution in [2.24, 2.45) is 0 Å². The second-order valence-electron chi connectivity index (χ2n) is 6.50. The third kappa shape index (κ3) is 4.85. The smallest absolute Gasteiger partial charge is 0.246 e. The van der Waals surface area contributed by atoms with E-state index in [9.17, 15) is 13.2 Å². The van der Waals surface area contributed by atoms with Crippen molar-refractivity contribution in [1.82, 2.24) is 4.90 Å². The molecule has 0 aliphatic heterocycles. The predicted molar refractivity (Wildman–Crippen MR) is 105 cm³/mol. The van der Waals surface area contributed by atoms with Gasteiger partial charge in [-0.25, -0.2) is 8.42 Å². The Morgan fingerprint density at radius 2 is 1.73 bits per heavy atom. The summed E-state index contributed by atoms with van der Waals surface area (Å²) in [6.45, 7) is 4.16. The third-order valence-electron chi connectivity index (χ3n) is 4.21. The lowest BCUT2D eigenvalue weighted by Gasteiger charge is -2.33. The number of hydrogen-bond donors (Lipinski definition) is 0. The zero-order valence-corrected chi connectivity index (χ0v) is 16.5. The van der Waals surface area contributed by atoms with Gasteiger partial charge < -0.3 is 4.90 Å². The van der Waals surface area contributed by atoms with Crippen LogP contribution in [-0.2, 0) is 21.4 Å². The molecule has 2 aromatic carbocycles. The minimum atomic E-state index is -3.61. The Labute approximate surface area is 156 Å². The standard InChI is InChI=1S/C20H26N2O3S/c1-5-19(20(23)21(3)15-17-11-7-6-8-12-17)22(26(4,24)25)18-13-9-10-16(2)14-18/h6-14,19H,5,15H2,1-4H3.